The standard InChI is InChI=1S/C14H10BrClFNO2S/c1-18-12-5-3-2-4-8(12)14(16)9-6-11(17)10(15)7-13(9)21(18,19)20/h2-7,14H,1H3. The third-order valence-electron chi connectivity index (χ3n) is 3.51. The zero-order chi connectivity index (χ0) is 15.4. The second-order valence-electron chi connectivity index (χ2n) is 4.70. The van der Waals surface area contributed by atoms with E-state index >= 15 is 0 Å². The molecule has 110 valence electrons. The molecule has 0 radical (unpaired) electrons. The Morgan fingerprint density at radius 2 is 1.90 bits per heavy atom. The minimum atomic E-state index is -3.79. The average molecular weight is 391 g/mol. The van der Waals surface area contributed by atoms with E-state index in [0.717, 1.165) is 0 Å². The lowest BCUT2D eigenvalue weighted by atomic mass is 10.0. The zero-order valence-electron chi connectivity index (χ0n) is 10.8. The summed E-state index contributed by atoms with van der Waals surface area (Å²) in [4.78, 5) is 0.00877. The molecule has 0 saturated carbocycles. The molecule has 0 aliphatic carbocycles. The lowest BCUT2D eigenvalue weighted by Gasteiger charge is -2.19. The van der Waals surface area contributed by atoms with Crippen LogP contribution in [0, 0.1) is 5.82 Å². The van der Waals surface area contributed by atoms with E-state index in [1.807, 2.05) is 0 Å². The SMILES string of the molecule is CN1c2ccccc2C(Cl)c2cc(F)c(Br)cc2S1(=O)=O. The van der Waals surface area contributed by atoms with Crippen LogP contribution in [0.5, 0.6) is 0 Å². The van der Waals surface area contributed by atoms with Gasteiger partial charge >= 0.3 is 0 Å². The van der Waals surface area contributed by atoms with Crippen molar-refractivity contribution < 1.29 is 12.8 Å². The van der Waals surface area contributed by atoms with E-state index < -0.39 is 21.2 Å². The lowest BCUT2D eigenvalue weighted by Crippen LogP contribution is -2.26. The molecule has 1 heterocycles. The highest BCUT2D eigenvalue weighted by molar-refractivity contribution is 9.10. The highest BCUT2D eigenvalue weighted by Gasteiger charge is 2.34. The Kier molecular flexibility index (Phi) is 3.50. The Hall–Kier alpha value is -1.11. The number of alkyl halides is 1. The number of anilines is 1. The van der Waals surface area contributed by atoms with Crippen LogP contribution in [0.1, 0.15) is 16.5 Å². The molecule has 1 aliphatic heterocycles. The van der Waals surface area contributed by atoms with E-state index in [9.17, 15) is 12.8 Å². The molecule has 0 amide bonds. The Bertz CT molecular complexity index is 841. The molecule has 0 N–H and O–H groups in total. The van der Waals surface area contributed by atoms with Crippen molar-refractivity contribution in [1.29, 1.82) is 0 Å². The highest BCUT2D eigenvalue weighted by Crippen LogP contribution is 2.44. The predicted octanol–water partition coefficient (Wildman–Crippen LogP) is 4.05. The Balaban J connectivity index is 2.42. The van der Waals surface area contributed by atoms with E-state index in [-0.39, 0.29) is 14.9 Å². The van der Waals surface area contributed by atoms with E-state index in [1.54, 1.807) is 24.3 Å². The van der Waals surface area contributed by atoms with Gasteiger partial charge in [-0.3, -0.25) is 4.31 Å². The molecule has 3 nitrogen and oxygen atoms in total. The van der Waals surface area contributed by atoms with Crippen molar-refractivity contribution in [3.05, 3.63) is 57.8 Å². The number of sulfonamides is 1. The molecule has 7 heteroatoms. The maximum atomic E-state index is 13.8. The van der Waals surface area contributed by atoms with Crippen LogP contribution >= 0.6 is 27.5 Å². The van der Waals surface area contributed by atoms with Gasteiger partial charge in [-0.05, 0) is 45.3 Å². The third-order valence-corrected chi connectivity index (χ3v) is 6.42. The van der Waals surface area contributed by atoms with Gasteiger partial charge in [0.15, 0.2) is 0 Å². The van der Waals surface area contributed by atoms with Crippen molar-refractivity contribution in [2.24, 2.45) is 0 Å². The fourth-order valence-electron chi connectivity index (χ4n) is 2.40. The molecule has 0 saturated heterocycles. The molecular weight excluding hydrogens is 381 g/mol. The molecule has 0 spiro atoms. The third kappa shape index (κ3) is 2.17. The van der Waals surface area contributed by atoms with Crippen LogP contribution in [-0.2, 0) is 10.0 Å². The van der Waals surface area contributed by atoms with Gasteiger partial charge in [-0.1, -0.05) is 18.2 Å². The van der Waals surface area contributed by atoms with Crippen LogP contribution in [0.3, 0.4) is 0 Å². The first-order valence-electron chi connectivity index (χ1n) is 6.05. The first-order valence-corrected chi connectivity index (χ1v) is 8.72. The van der Waals surface area contributed by atoms with Crippen LogP contribution < -0.4 is 4.31 Å². The first kappa shape index (κ1) is 14.8. The van der Waals surface area contributed by atoms with Gasteiger partial charge in [-0.2, -0.15) is 0 Å². The van der Waals surface area contributed by atoms with Gasteiger partial charge in [-0.15, -0.1) is 11.6 Å². The van der Waals surface area contributed by atoms with Gasteiger partial charge in [0.05, 0.1) is 20.4 Å². The topological polar surface area (TPSA) is 37.4 Å². The minimum Gasteiger partial charge on any atom is -0.269 e. The van der Waals surface area contributed by atoms with Gasteiger partial charge in [0.1, 0.15) is 5.82 Å². The van der Waals surface area contributed by atoms with Crippen LogP contribution in [0.25, 0.3) is 0 Å². The number of hydrogen-bond acceptors (Lipinski definition) is 2. The largest absolute Gasteiger partial charge is 0.269 e. The van der Waals surface area contributed by atoms with Gasteiger partial charge in [-0.25, -0.2) is 12.8 Å². The number of nitrogens with zero attached hydrogens (tertiary/aromatic N) is 1. The summed E-state index contributed by atoms with van der Waals surface area (Å²) < 4.78 is 40.5. The second kappa shape index (κ2) is 4.97. The van der Waals surface area contributed by atoms with Crippen LogP contribution in [0.2, 0.25) is 0 Å². The molecule has 0 bridgehead atoms. The number of para-hydroxylation sites is 1. The van der Waals surface area contributed by atoms with Gasteiger partial charge in [0, 0.05) is 7.05 Å². The van der Waals surface area contributed by atoms with Crippen molar-refractivity contribution in [2.45, 2.75) is 10.3 Å². The summed E-state index contributed by atoms with van der Waals surface area (Å²) >= 11 is 9.45. The van der Waals surface area contributed by atoms with Crippen molar-refractivity contribution in [2.75, 3.05) is 11.4 Å². The molecule has 2 aromatic rings. The quantitative estimate of drug-likeness (QED) is 0.636. The summed E-state index contributed by atoms with van der Waals surface area (Å²) in [5.74, 6) is -0.545. The van der Waals surface area contributed by atoms with E-state index in [0.29, 0.717) is 11.3 Å². The lowest BCUT2D eigenvalue weighted by molar-refractivity contribution is 0.591. The summed E-state index contributed by atoms with van der Waals surface area (Å²) in [6.07, 6.45) is 0. The van der Waals surface area contributed by atoms with Crippen molar-refractivity contribution in [3.63, 3.8) is 0 Å². The molecule has 21 heavy (non-hydrogen) atoms. The predicted molar refractivity (Wildman–Crippen MR) is 83.8 cm³/mol. The molecule has 0 aromatic heterocycles. The number of rotatable bonds is 0. The number of halogens is 3. The van der Waals surface area contributed by atoms with Crippen LogP contribution in [-0.4, -0.2) is 15.5 Å². The molecule has 1 unspecified atom stereocenters. The molecule has 0 fully saturated rings. The van der Waals surface area contributed by atoms with Crippen molar-refractivity contribution in [1.82, 2.24) is 0 Å². The molecule has 3 rings (SSSR count). The van der Waals surface area contributed by atoms with E-state index in [4.69, 9.17) is 11.6 Å². The van der Waals surface area contributed by atoms with Gasteiger partial charge in [0.2, 0.25) is 0 Å². The van der Waals surface area contributed by atoms with Crippen LogP contribution in [0.4, 0.5) is 10.1 Å². The molecule has 1 atom stereocenters. The number of fused-ring (bicyclic) bond motifs is 2. The molecular formula is C14H10BrClFNO2S. The average Bonchev–Trinajstić information content (AvgIpc) is 2.52. The smallest absolute Gasteiger partial charge is 0.264 e. The Morgan fingerprint density at radius 3 is 2.62 bits per heavy atom. The maximum Gasteiger partial charge on any atom is 0.264 e. The number of hydrogen-bond donors (Lipinski definition) is 0. The van der Waals surface area contributed by atoms with Gasteiger partial charge in [0.25, 0.3) is 10.0 Å². The number of benzene rings is 2. The second-order valence-corrected chi connectivity index (χ2v) is 7.93. The molecule has 1 aliphatic rings. The van der Waals surface area contributed by atoms with E-state index in [1.165, 1.54) is 23.5 Å². The van der Waals surface area contributed by atoms with Crippen LogP contribution in [0.15, 0.2) is 45.8 Å². The summed E-state index contributed by atoms with van der Waals surface area (Å²) in [5.41, 5.74) is 1.37. The van der Waals surface area contributed by atoms with Gasteiger partial charge < -0.3 is 0 Å². The maximum absolute atomic E-state index is 13.8. The Morgan fingerprint density at radius 1 is 1.24 bits per heavy atom. The van der Waals surface area contributed by atoms with E-state index in [2.05, 4.69) is 15.9 Å². The summed E-state index contributed by atoms with van der Waals surface area (Å²) in [7, 11) is -2.33. The summed E-state index contributed by atoms with van der Waals surface area (Å²) in [6.45, 7) is 0. The first-order chi connectivity index (χ1) is 9.84. The summed E-state index contributed by atoms with van der Waals surface area (Å²) in [5, 5.41) is -0.737. The van der Waals surface area contributed by atoms with Crippen molar-refractivity contribution in [3.8, 4) is 0 Å². The highest BCUT2D eigenvalue weighted by atomic mass is 79.9. The molecule has 2 aromatic carbocycles. The zero-order valence-corrected chi connectivity index (χ0v) is 14.0. The Labute approximate surface area is 135 Å². The summed E-state index contributed by atoms with van der Waals surface area (Å²) in [6, 6.07) is 9.37. The monoisotopic (exact) mass is 389 g/mol. The fraction of sp³-hybridized carbons (Fsp3) is 0.143. The fourth-order valence-corrected chi connectivity index (χ4v) is 4.78. The van der Waals surface area contributed by atoms with Crippen molar-refractivity contribution >= 4 is 43.2 Å². The normalized spacial score (nSPS) is 19.6. The minimum absolute atomic E-state index is 0.00877.